The molecule has 0 saturated heterocycles. The molecule has 0 aliphatic carbocycles. The molecule has 0 heterocycles. The third-order valence-corrected chi connectivity index (χ3v) is 2.74. The van der Waals surface area contributed by atoms with Gasteiger partial charge in [0.05, 0.1) is 25.7 Å². The minimum Gasteiger partial charge on any atom is -0.469 e. The lowest BCUT2D eigenvalue weighted by Gasteiger charge is -2.26. The van der Waals surface area contributed by atoms with Gasteiger partial charge in [0.1, 0.15) is 5.78 Å². The molecule has 0 aliphatic heterocycles. The van der Waals surface area contributed by atoms with Gasteiger partial charge in [-0.1, -0.05) is 20.8 Å². The van der Waals surface area contributed by atoms with Crippen molar-refractivity contribution in [1.29, 1.82) is 0 Å². The van der Waals surface area contributed by atoms with Gasteiger partial charge in [0, 0.05) is 11.8 Å². The molecule has 0 amide bonds. The maximum Gasteiger partial charge on any atom is 0.313 e. The number of carbonyl (C=O) groups is 2. The second-order valence-electron chi connectivity index (χ2n) is 5.53. The fourth-order valence-electron chi connectivity index (χ4n) is 1.46. The van der Waals surface area contributed by atoms with Gasteiger partial charge in [-0.3, -0.25) is 9.59 Å². The Hall–Kier alpha value is -0.900. The number of hydrogen-bond acceptors (Lipinski definition) is 4. The molecule has 0 aromatic carbocycles. The van der Waals surface area contributed by atoms with Gasteiger partial charge >= 0.3 is 5.97 Å². The summed E-state index contributed by atoms with van der Waals surface area (Å²) in [5.74, 6) is -0.148. The molecule has 4 nitrogen and oxygen atoms in total. The standard InChI is InChI=1S/C13H24O4/c1-7-10(14)12(2,3)8-17-9-13(4,5)11(15)16-6/h7-9H2,1-6H3. The maximum absolute atomic E-state index is 11.6. The van der Waals surface area contributed by atoms with Crippen LogP contribution in [0.15, 0.2) is 0 Å². The molecule has 0 spiro atoms. The Balaban J connectivity index is 4.24. The van der Waals surface area contributed by atoms with E-state index in [1.165, 1.54) is 7.11 Å². The topological polar surface area (TPSA) is 52.6 Å². The van der Waals surface area contributed by atoms with Gasteiger partial charge in [-0.2, -0.15) is 0 Å². The van der Waals surface area contributed by atoms with Crippen molar-refractivity contribution >= 4 is 11.8 Å². The van der Waals surface area contributed by atoms with Gasteiger partial charge in [-0.25, -0.2) is 0 Å². The summed E-state index contributed by atoms with van der Waals surface area (Å²) in [5, 5.41) is 0. The first-order valence-electron chi connectivity index (χ1n) is 5.87. The minimum absolute atomic E-state index is 0.161. The van der Waals surface area contributed by atoms with Gasteiger partial charge in [0.15, 0.2) is 0 Å². The molecule has 0 unspecified atom stereocenters. The van der Waals surface area contributed by atoms with Crippen molar-refractivity contribution in [1.82, 2.24) is 0 Å². The van der Waals surface area contributed by atoms with Crippen molar-refractivity contribution < 1.29 is 19.1 Å². The van der Waals surface area contributed by atoms with Crippen LogP contribution in [0, 0.1) is 10.8 Å². The summed E-state index contributed by atoms with van der Waals surface area (Å²) in [6, 6.07) is 0. The van der Waals surface area contributed by atoms with Crippen LogP contribution in [0.2, 0.25) is 0 Å². The highest BCUT2D eigenvalue weighted by atomic mass is 16.5. The third kappa shape index (κ3) is 4.86. The fourth-order valence-corrected chi connectivity index (χ4v) is 1.46. The predicted octanol–water partition coefficient (Wildman–Crippen LogP) is 2.21. The summed E-state index contributed by atoms with van der Waals surface area (Å²) in [6.45, 7) is 9.62. The van der Waals surface area contributed by atoms with E-state index < -0.39 is 10.8 Å². The molecule has 0 rings (SSSR count). The predicted molar refractivity (Wildman–Crippen MR) is 65.7 cm³/mol. The number of ketones is 1. The maximum atomic E-state index is 11.6. The van der Waals surface area contributed by atoms with Crippen LogP contribution in [0.1, 0.15) is 41.0 Å². The molecule has 0 atom stereocenters. The highest BCUT2D eigenvalue weighted by Gasteiger charge is 2.31. The van der Waals surface area contributed by atoms with Crippen LogP contribution in [0.25, 0.3) is 0 Å². The summed E-state index contributed by atoms with van der Waals surface area (Å²) in [4.78, 5) is 23.0. The molecule has 0 bridgehead atoms. The van der Waals surface area contributed by atoms with Crippen LogP contribution >= 0.6 is 0 Å². The van der Waals surface area contributed by atoms with Gasteiger partial charge in [-0.15, -0.1) is 0 Å². The molecule has 0 fully saturated rings. The van der Waals surface area contributed by atoms with Crippen molar-refractivity contribution in [2.45, 2.75) is 41.0 Å². The molecule has 0 N–H and O–H groups in total. The highest BCUT2D eigenvalue weighted by Crippen LogP contribution is 2.22. The Morgan fingerprint density at radius 2 is 1.47 bits per heavy atom. The average Bonchev–Trinajstić information content (AvgIpc) is 2.25. The smallest absolute Gasteiger partial charge is 0.313 e. The quantitative estimate of drug-likeness (QED) is 0.644. The van der Waals surface area contributed by atoms with Crippen molar-refractivity contribution in [3.05, 3.63) is 0 Å². The summed E-state index contributed by atoms with van der Waals surface area (Å²) >= 11 is 0. The van der Waals surface area contributed by atoms with Gasteiger partial charge in [0.2, 0.25) is 0 Å². The van der Waals surface area contributed by atoms with Crippen molar-refractivity contribution in [2.24, 2.45) is 10.8 Å². The molecule has 0 aliphatic rings. The monoisotopic (exact) mass is 244 g/mol. The Bertz CT molecular complexity index is 251. The largest absolute Gasteiger partial charge is 0.469 e. The van der Waals surface area contributed by atoms with E-state index in [4.69, 9.17) is 4.74 Å². The zero-order valence-electron chi connectivity index (χ0n) is 11.8. The van der Waals surface area contributed by atoms with Crippen LogP contribution in [0.5, 0.6) is 0 Å². The van der Waals surface area contributed by atoms with E-state index >= 15 is 0 Å². The van der Waals surface area contributed by atoms with Crippen molar-refractivity contribution in [3.63, 3.8) is 0 Å². The Morgan fingerprint density at radius 3 is 1.88 bits per heavy atom. The fraction of sp³-hybridized carbons (Fsp3) is 0.846. The third-order valence-electron chi connectivity index (χ3n) is 2.74. The molecule has 100 valence electrons. The van der Waals surface area contributed by atoms with Crippen LogP contribution in [-0.2, 0) is 19.1 Å². The summed E-state index contributed by atoms with van der Waals surface area (Å²) in [7, 11) is 1.36. The first-order valence-corrected chi connectivity index (χ1v) is 5.87. The number of ether oxygens (including phenoxy) is 2. The normalized spacial score (nSPS) is 12.4. The van der Waals surface area contributed by atoms with Crippen LogP contribution in [-0.4, -0.2) is 32.1 Å². The van der Waals surface area contributed by atoms with Crippen LogP contribution in [0.4, 0.5) is 0 Å². The lowest BCUT2D eigenvalue weighted by molar-refractivity contribution is -0.155. The number of rotatable bonds is 7. The molecular formula is C13H24O4. The molecule has 0 saturated carbocycles. The second-order valence-corrected chi connectivity index (χ2v) is 5.53. The summed E-state index contributed by atoms with van der Waals surface area (Å²) < 4.78 is 10.2. The number of esters is 1. The van der Waals surface area contributed by atoms with Crippen LogP contribution in [0.3, 0.4) is 0 Å². The summed E-state index contributed by atoms with van der Waals surface area (Å²) in [5.41, 5.74) is -1.18. The van der Waals surface area contributed by atoms with E-state index in [0.717, 1.165) is 0 Å². The first-order chi connectivity index (χ1) is 7.67. The van der Waals surface area contributed by atoms with Crippen LogP contribution < -0.4 is 0 Å². The Kier molecular flexibility index (Phi) is 5.82. The molecular weight excluding hydrogens is 220 g/mol. The SMILES string of the molecule is CCC(=O)C(C)(C)COCC(C)(C)C(=O)OC. The van der Waals surface area contributed by atoms with Crippen molar-refractivity contribution in [3.8, 4) is 0 Å². The van der Waals surface area contributed by atoms with E-state index in [9.17, 15) is 9.59 Å². The lowest BCUT2D eigenvalue weighted by Crippen LogP contribution is -2.35. The van der Waals surface area contributed by atoms with Gasteiger partial charge in [-0.05, 0) is 13.8 Å². The van der Waals surface area contributed by atoms with Gasteiger partial charge in [0.25, 0.3) is 0 Å². The number of hydrogen-bond donors (Lipinski definition) is 0. The molecule has 0 aromatic rings. The highest BCUT2D eigenvalue weighted by molar-refractivity contribution is 5.83. The summed E-state index contributed by atoms with van der Waals surface area (Å²) in [6.07, 6.45) is 0.497. The number of carbonyl (C=O) groups excluding carboxylic acids is 2. The molecule has 0 radical (unpaired) electrons. The second kappa shape index (κ2) is 6.15. The number of methoxy groups -OCH3 is 1. The van der Waals surface area contributed by atoms with E-state index in [0.29, 0.717) is 13.0 Å². The lowest BCUT2D eigenvalue weighted by atomic mass is 9.87. The number of Topliss-reactive ketones (excluding diaryl/α,β-unsaturated/α-hetero) is 1. The van der Waals surface area contributed by atoms with E-state index in [2.05, 4.69) is 4.74 Å². The molecule has 4 heteroatoms. The van der Waals surface area contributed by atoms with E-state index in [-0.39, 0.29) is 18.4 Å². The van der Waals surface area contributed by atoms with E-state index in [1.54, 1.807) is 13.8 Å². The molecule has 0 aromatic heterocycles. The Morgan fingerprint density at radius 1 is 1.00 bits per heavy atom. The van der Waals surface area contributed by atoms with Gasteiger partial charge < -0.3 is 9.47 Å². The van der Waals surface area contributed by atoms with E-state index in [1.807, 2.05) is 20.8 Å². The minimum atomic E-state index is -0.680. The average molecular weight is 244 g/mol. The molecule has 17 heavy (non-hydrogen) atoms. The Labute approximate surface area is 104 Å². The zero-order valence-corrected chi connectivity index (χ0v) is 11.8. The zero-order chi connectivity index (χ0) is 13.7. The van der Waals surface area contributed by atoms with Crippen molar-refractivity contribution in [2.75, 3.05) is 20.3 Å². The first kappa shape index (κ1) is 16.1.